The van der Waals surface area contributed by atoms with Crippen molar-refractivity contribution in [3.63, 3.8) is 0 Å². The Morgan fingerprint density at radius 3 is 2.73 bits per heavy atom. The Balaban J connectivity index is 2.14. The van der Waals surface area contributed by atoms with Crippen molar-refractivity contribution in [2.45, 2.75) is 45.1 Å². The van der Waals surface area contributed by atoms with Crippen molar-refractivity contribution in [3.05, 3.63) is 35.4 Å². The van der Waals surface area contributed by atoms with Gasteiger partial charge in [0.15, 0.2) is 0 Å². The van der Waals surface area contributed by atoms with E-state index in [0.29, 0.717) is 6.04 Å². The van der Waals surface area contributed by atoms with Crippen molar-refractivity contribution in [2.75, 3.05) is 6.54 Å². The predicted octanol–water partition coefficient (Wildman–Crippen LogP) is 3.62. The van der Waals surface area contributed by atoms with Gasteiger partial charge in [0.25, 0.3) is 0 Å². The minimum absolute atomic E-state index is 0.536. The first-order valence-corrected chi connectivity index (χ1v) is 6.18. The first-order valence-electron chi connectivity index (χ1n) is 6.18. The molecule has 1 nitrogen and oxygen atoms in total. The van der Waals surface area contributed by atoms with Crippen LogP contribution in [0.3, 0.4) is 0 Å². The van der Waals surface area contributed by atoms with Gasteiger partial charge in [-0.25, -0.2) is 0 Å². The summed E-state index contributed by atoms with van der Waals surface area (Å²) in [6.07, 6.45) is 3.95. The third-order valence-corrected chi connectivity index (χ3v) is 3.22. The Morgan fingerprint density at radius 2 is 2.13 bits per heavy atom. The van der Waals surface area contributed by atoms with Crippen molar-refractivity contribution >= 4 is 0 Å². The maximum absolute atomic E-state index is 3.54. The minimum atomic E-state index is 0.536. The number of hydrogen-bond donors (Lipinski definition) is 1. The standard InChI is InChI=1S/C14H21N/c1-3-14(15-4-2)13-7-5-6-12(10-13)11-8-9-11/h5-7,10-11,14-15H,3-4,8-9H2,1-2H3. The highest BCUT2D eigenvalue weighted by Gasteiger charge is 2.23. The molecule has 0 aromatic heterocycles. The second kappa shape index (κ2) is 4.80. The molecule has 0 aliphatic heterocycles. The van der Waals surface area contributed by atoms with E-state index in [1.54, 1.807) is 5.56 Å². The molecular weight excluding hydrogens is 182 g/mol. The highest BCUT2D eigenvalue weighted by Crippen LogP contribution is 2.40. The van der Waals surface area contributed by atoms with Gasteiger partial charge < -0.3 is 5.32 Å². The van der Waals surface area contributed by atoms with E-state index in [1.807, 2.05) is 0 Å². The summed E-state index contributed by atoms with van der Waals surface area (Å²) in [5.41, 5.74) is 3.01. The Bertz CT molecular complexity index is 315. The molecule has 1 aliphatic carbocycles. The van der Waals surface area contributed by atoms with Crippen LogP contribution in [0.2, 0.25) is 0 Å². The maximum Gasteiger partial charge on any atom is 0.0317 e. The lowest BCUT2D eigenvalue weighted by atomic mass is 10.00. The first-order chi connectivity index (χ1) is 7.35. The third-order valence-electron chi connectivity index (χ3n) is 3.22. The van der Waals surface area contributed by atoms with Crippen LogP contribution < -0.4 is 5.32 Å². The SMILES string of the molecule is CCNC(CC)c1cccc(C2CC2)c1. The molecular formula is C14H21N. The molecule has 1 aromatic carbocycles. The van der Waals surface area contributed by atoms with Gasteiger partial charge in [0.1, 0.15) is 0 Å². The smallest absolute Gasteiger partial charge is 0.0317 e. The molecule has 2 rings (SSSR count). The van der Waals surface area contributed by atoms with Crippen LogP contribution in [0.1, 0.15) is 56.2 Å². The Hall–Kier alpha value is -0.820. The Labute approximate surface area is 92.9 Å². The fourth-order valence-corrected chi connectivity index (χ4v) is 2.19. The summed E-state index contributed by atoms with van der Waals surface area (Å²) in [5, 5.41) is 3.54. The highest BCUT2D eigenvalue weighted by molar-refractivity contribution is 5.30. The van der Waals surface area contributed by atoms with E-state index < -0.39 is 0 Å². The van der Waals surface area contributed by atoms with Crippen molar-refractivity contribution in [1.82, 2.24) is 5.32 Å². The molecule has 1 N–H and O–H groups in total. The molecule has 0 radical (unpaired) electrons. The first kappa shape index (κ1) is 10.7. The van der Waals surface area contributed by atoms with Crippen molar-refractivity contribution in [2.24, 2.45) is 0 Å². The van der Waals surface area contributed by atoms with Crippen LogP contribution in [0, 0.1) is 0 Å². The van der Waals surface area contributed by atoms with E-state index in [1.165, 1.54) is 24.8 Å². The molecule has 1 aliphatic rings. The lowest BCUT2D eigenvalue weighted by Gasteiger charge is -2.17. The van der Waals surface area contributed by atoms with E-state index in [2.05, 4.69) is 43.4 Å². The van der Waals surface area contributed by atoms with Crippen LogP contribution in [-0.2, 0) is 0 Å². The topological polar surface area (TPSA) is 12.0 Å². The largest absolute Gasteiger partial charge is 0.310 e. The zero-order valence-corrected chi connectivity index (χ0v) is 9.79. The number of rotatable bonds is 5. The third kappa shape index (κ3) is 2.60. The number of hydrogen-bond acceptors (Lipinski definition) is 1. The summed E-state index contributed by atoms with van der Waals surface area (Å²) in [4.78, 5) is 0. The molecule has 1 unspecified atom stereocenters. The number of nitrogens with one attached hydrogen (secondary N) is 1. The summed E-state index contributed by atoms with van der Waals surface area (Å²) in [6.45, 7) is 5.47. The van der Waals surface area contributed by atoms with Crippen molar-refractivity contribution < 1.29 is 0 Å². The van der Waals surface area contributed by atoms with Crippen molar-refractivity contribution in [1.29, 1.82) is 0 Å². The fourth-order valence-electron chi connectivity index (χ4n) is 2.19. The Kier molecular flexibility index (Phi) is 3.42. The van der Waals surface area contributed by atoms with Gasteiger partial charge in [-0.1, -0.05) is 38.1 Å². The average Bonchev–Trinajstić information content (AvgIpc) is 3.10. The van der Waals surface area contributed by atoms with E-state index in [0.717, 1.165) is 12.5 Å². The van der Waals surface area contributed by atoms with Gasteiger partial charge in [-0.15, -0.1) is 0 Å². The Morgan fingerprint density at radius 1 is 1.33 bits per heavy atom. The normalized spacial score (nSPS) is 17.7. The molecule has 0 saturated heterocycles. The van der Waals surface area contributed by atoms with Crippen LogP contribution in [0.5, 0.6) is 0 Å². The van der Waals surface area contributed by atoms with Gasteiger partial charge in [0.2, 0.25) is 0 Å². The van der Waals surface area contributed by atoms with Gasteiger partial charge >= 0.3 is 0 Å². The lowest BCUT2D eigenvalue weighted by molar-refractivity contribution is 0.537. The molecule has 82 valence electrons. The van der Waals surface area contributed by atoms with Crippen LogP contribution in [0.25, 0.3) is 0 Å². The molecule has 15 heavy (non-hydrogen) atoms. The minimum Gasteiger partial charge on any atom is -0.310 e. The fraction of sp³-hybridized carbons (Fsp3) is 0.571. The highest BCUT2D eigenvalue weighted by atomic mass is 14.9. The molecule has 1 saturated carbocycles. The van der Waals surface area contributed by atoms with E-state index >= 15 is 0 Å². The molecule has 1 aromatic rings. The van der Waals surface area contributed by atoms with Gasteiger partial charge in [0.05, 0.1) is 0 Å². The summed E-state index contributed by atoms with van der Waals surface area (Å²) < 4.78 is 0. The summed E-state index contributed by atoms with van der Waals surface area (Å²) >= 11 is 0. The molecule has 0 bridgehead atoms. The van der Waals surface area contributed by atoms with Crippen LogP contribution in [0.15, 0.2) is 24.3 Å². The predicted molar refractivity (Wildman–Crippen MR) is 65.1 cm³/mol. The zero-order valence-electron chi connectivity index (χ0n) is 9.79. The lowest BCUT2D eigenvalue weighted by Crippen LogP contribution is -2.20. The quantitative estimate of drug-likeness (QED) is 0.770. The van der Waals surface area contributed by atoms with Gasteiger partial charge in [-0.2, -0.15) is 0 Å². The average molecular weight is 203 g/mol. The van der Waals surface area contributed by atoms with E-state index in [4.69, 9.17) is 0 Å². The molecule has 0 amide bonds. The number of benzene rings is 1. The molecule has 0 heterocycles. The van der Waals surface area contributed by atoms with Crippen LogP contribution in [-0.4, -0.2) is 6.54 Å². The van der Waals surface area contributed by atoms with Gasteiger partial charge in [0, 0.05) is 6.04 Å². The molecule has 0 spiro atoms. The van der Waals surface area contributed by atoms with E-state index in [-0.39, 0.29) is 0 Å². The van der Waals surface area contributed by atoms with Crippen LogP contribution in [0.4, 0.5) is 0 Å². The summed E-state index contributed by atoms with van der Waals surface area (Å²) in [5.74, 6) is 0.865. The van der Waals surface area contributed by atoms with Crippen LogP contribution >= 0.6 is 0 Å². The molecule has 1 fully saturated rings. The van der Waals surface area contributed by atoms with Crippen molar-refractivity contribution in [3.8, 4) is 0 Å². The van der Waals surface area contributed by atoms with Gasteiger partial charge in [-0.05, 0) is 42.9 Å². The maximum atomic E-state index is 3.54. The zero-order chi connectivity index (χ0) is 10.7. The molecule has 1 heteroatoms. The molecule has 1 atom stereocenters. The van der Waals surface area contributed by atoms with Gasteiger partial charge in [-0.3, -0.25) is 0 Å². The monoisotopic (exact) mass is 203 g/mol. The summed E-state index contributed by atoms with van der Waals surface area (Å²) in [7, 11) is 0. The van der Waals surface area contributed by atoms with E-state index in [9.17, 15) is 0 Å². The second-order valence-corrected chi connectivity index (χ2v) is 4.46. The second-order valence-electron chi connectivity index (χ2n) is 4.46. The summed E-state index contributed by atoms with van der Waals surface area (Å²) in [6, 6.07) is 9.67.